The molecule has 0 bridgehead atoms. The molecule has 1 heteroatoms. The summed E-state index contributed by atoms with van der Waals surface area (Å²) in [6.45, 7) is 2.29. The van der Waals surface area contributed by atoms with E-state index in [9.17, 15) is 0 Å². The van der Waals surface area contributed by atoms with Crippen LogP contribution >= 0.6 is 0 Å². The van der Waals surface area contributed by atoms with Gasteiger partial charge in [0.2, 0.25) is 0 Å². The van der Waals surface area contributed by atoms with Crippen LogP contribution in [0.15, 0.2) is 0 Å². The molecule has 2 aliphatic rings. The first-order valence-electron chi connectivity index (χ1n) is 5.08. The maximum Gasteiger partial charge on any atom is 0.00983 e. The minimum Gasteiger partial charge on any atom is -0.327 e. The van der Waals surface area contributed by atoms with Crippen molar-refractivity contribution in [1.29, 1.82) is 0 Å². The van der Waals surface area contributed by atoms with Crippen molar-refractivity contribution >= 4 is 0 Å². The summed E-state index contributed by atoms with van der Waals surface area (Å²) in [6, 6.07) is 0.564. The quantitative estimate of drug-likeness (QED) is 0.660. The van der Waals surface area contributed by atoms with Crippen LogP contribution in [0.5, 0.6) is 0 Å². The Balaban J connectivity index is 1.77. The smallest absolute Gasteiger partial charge is 0.00983 e. The predicted octanol–water partition coefficient (Wildman–Crippen LogP) is 2.16. The van der Waals surface area contributed by atoms with Crippen molar-refractivity contribution in [2.75, 3.05) is 0 Å². The van der Waals surface area contributed by atoms with Gasteiger partial charge < -0.3 is 5.73 Å². The number of rotatable bonds is 3. The van der Waals surface area contributed by atoms with E-state index in [0.717, 1.165) is 17.8 Å². The Morgan fingerprint density at radius 1 is 1.45 bits per heavy atom. The average molecular weight is 153 g/mol. The highest BCUT2D eigenvalue weighted by Gasteiger charge is 2.43. The van der Waals surface area contributed by atoms with Crippen LogP contribution in [0.4, 0.5) is 0 Å². The SMILES string of the molecule is CC[C@@H]1C[C@H]1C(N)C1CCC1. The summed E-state index contributed by atoms with van der Waals surface area (Å²) in [5.74, 6) is 2.80. The Kier molecular flexibility index (Phi) is 1.92. The molecule has 64 valence electrons. The molecule has 0 aliphatic heterocycles. The van der Waals surface area contributed by atoms with Gasteiger partial charge in [0.05, 0.1) is 0 Å². The Hall–Kier alpha value is -0.0400. The molecule has 2 aliphatic carbocycles. The fraction of sp³-hybridized carbons (Fsp3) is 1.00. The third-order valence-electron chi connectivity index (χ3n) is 3.69. The molecule has 2 N–H and O–H groups in total. The van der Waals surface area contributed by atoms with E-state index >= 15 is 0 Å². The molecule has 2 fully saturated rings. The monoisotopic (exact) mass is 153 g/mol. The topological polar surface area (TPSA) is 26.0 Å². The molecule has 2 rings (SSSR count). The standard InChI is InChI=1S/C10H19N/c1-2-7-6-9(7)10(11)8-4-3-5-8/h7-10H,2-6,11H2,1H3/t7-,9-,10?/m1/s1. The molecule has 0 radical (unpaired) electrons. The molecule has 2 saturated carbocycles. The Bertz CT molecular complexity index is 140. The molecule has 1 unspecified atom stereocenters. The lowest BCUT2D eigenvalue weighted by Gasteiger charge is -2.31. The molecule has 11 heavy (non-hydrogen) atoms. The largest absolute Gasteiger partial charge is 0.327 e. The summed E-state index contributed by atoms with van der Waals surface area (Å²) in [5, 5.41) is 0. The van der Waals surface area contributed by atoms with Gasteiger partial charge in [-0.1, -0.05) is 19.8 Å². The molecule has 3 atom stereocenters. The zero-order valence-corrected chi connectivity index (χ0v) is 7.42. The van der Waals surface area contributed by atoms with Gasteiger partial charge >= 0.3 is 0 Å². The van der Waals surface area contributed by atoms with E-state index in [0.29, 0.717) is 6.04 Å². The van der Waals surface area contributed by atoms with Crippen LogP contribution in [0.2, 0.25) is 0 Å². The van der Waals surface area contributed by atoms with Gasteiger partial charge in [0.25, 0.3) is 0 Å². The third-order valence-corrected chi connectivity index (χ3v) is 3.69. The number of hydrogen-bond acceptors (Lipinski definition) is 1. The molecule has 1 nitrogen and oxygen atoms in total. The Morgan fingerprint density at radius 2 is 2.18 bits per heavy atom. The van der Waals surface area contributed by atoms with E-state index in [2.05, 4.69) is 6.92 Å². The van der Waals surface area contributed by atoms with Crippen molar-refractivity contribution in [2.45, 2.75) is 45.1 Å². The van der Waals surface area contributed by atoms with E-state index in [1.807, 2.05) is 0 Å². The molecule has 0 heterocycles. The maximum absolute atomic E-state index is 6.15. The second-order valence-electron chi connectivity index (χ2n) is 4.34. The first-order valence-corrected chi connectivity index (χ1v) is 5.08. The molecule has 0 amide bonds. The van der Waals surface area contributed by atoms with Crippen LogP contribution in [-0.4, -0.2) is 6.04 Å². The lowest BCUT2D eigenvalue weighted by atomic mass is 9.78. The zero-order valence-electron chi connectivity index (χ0n) is 7.42. The molecular formula is C10H19N. The summed E-state index contributed by atoms with van der Waals surface area (Å²) >= 11 is 0. The molecule has 0 aromatic heterocycles. The van der Waals surface area contributed by atoms with Gasteiger partial charge in [-0.3, -0.25) is 0 Å². The molecule has 0 aromatic rings. The average Bonchev–Trinajstić information content (AvgIpc) is 2.60. The number of hydrogen-bond donors (Lipinski definition) is 1. The van der Waals surface area contributed by atoms with Crippen molar-refractivity contribution in [3.8, 4) is 0 Å². The van der Waals surface area contributed by atoms with Gasteiger partial charge in [0.1, 0.15) is 0 Å². The second kappa shape index (κ2) is 2.78. The van der Waals surface area contributed by atoms with Crippen LogP contribution < -0.4 is 5.73 Å². The molecule has 0 saturated heterocycles. The van der Waals surface area contributed by atoms with Crippen molar-refractivity contribution in [1.82, 2.24) is 0 Å². The second-order valence-corrected chi connectivity index (χ2v) is 4.34. The van der Waals surface area contributed by atoms with Crippen molar-refractivity contribution in [2.24, 2.45) is 23.5 Å². The summed E-state index contributed by atoms with van der Waals surface area (Å²) in [6.07, 6.45) is 7.03. The van der Waals surface area contributed by atoms with Crippen LogP contribution in [0.1, 0.15) is 39.0 Å². The maximum atomic E-state index is 6.15. The van der Waals surface area contributed by atoms with E-state index in [1.165, 1.54) is 32.1 Å². The predicted molar refractivity (Wildman–Crippen MR) is 47.2 cm³/mol. The first kappa shape index (κ1) is 7.60. The lowest BCUT2D eigenvalue weighted by Crippen LogP contribution is -2.36. The minimum absolute atomic E-state index is 0.564. The highest BCUT2D eigenvalue weighted by Crippen LogP contribution is 2.47. The van der Waals surface area contributed by atoms with Crippen LogP contribution in [0, 0.1) is 17.8 Å². The van der Waals surface area contributed by atoms with Crippen molar-refractivity contribution in [3.05, 3.63) is 0 Å². The van der Waals surface area contributed by atoms with Gasteiger partial charge in [0, 0.05) is 6.04 Å². The van der Waals surface area contributed by atoms with Gasteiger partial charge in [-0.2, -0.15) is 0 Å². The van der Waals surface area contributed by atoms with E-state index in [4.69, 9.17) is 5.73 Å². The minimum atomic E-state index is 0.564. The van der Waals surface area contributed by atoms with Gasteiger partial charge in [-0.05, 0) is 37.0 Å². The van der Waals surface area contributed by atoms with Crippen LogP contribution in [0.25, 0.3) is 0 Å². The summed E-state index contributed by atoms with van der Waals surface area (Å²) in [5.41, 5.74) is 6.15. The fourth-order valence-electron chi connectivity index (χ4n) is 2.39. The summed E-state index contributed by atoms with van der Waals surface area (Å²) in [7, 11) is 0. The zero-order chi connectivity index (χ0) is 7.84. The van der Waals surface area contributed by atoms with Crippen molar-refractivity contribution in [3.63, 3.8) is 0 Å². The van der Waals surface area contributed by atoms with Gasteiger partial charge in [-0.15, -0.1) is 0 Å². The van der Waals surface area contributed by atoms with Gasteiger partial charge in [0.15, 0.2) is 0 Å². The van der Waals surface area contributed by atoms with Crippen LogP contribution in [-0.2, 0) is 0 Å². The Morgan fingerprint density at radius 3 is 2.55 bits per heavy atom. The summed E-state index contributed by atoms with van der Waals surface area (Å²) in [4.78, 5) is 0. The third kappa shape index (κ3) is 1.31. The van der Waals surface area contributed by atoms with E-state index < -0.39 is 0 Å². The molecular weight excluding hydrogens is 134 g/mol. The number of nitrogens with two attached hydrogens (primary N) is 1. The van der Waals surface area contributed by atoms with Crippen LogP contribution in [0.3, 0.4) is 0 Å². The van der Waals surface area contributed by atoms with Crippen molar-refractivity contribution < 1.29 is 0 Å². The van der Waals surface area contributed by atoms with E-state index in [1.54, 1.807) is 0 Å². The van der Waals surface area contributed by atoms with Gasteiger partial charge in [-0.25, -0.2) is 0 Å². The lowest BCUT2D eigenvalue weighted by molar-refractivity contribution is 0.238. The molecule has 0 spiro atoms. The van der Waals surface area contributed by atoms with E-state index in [-0.39, 0.29) is 0 Å². The molecule has 0 aromatic carbocycles. The Labute approximate surface area is 69.4 Å². The summed E-state index contributed by atoms with van der Waals surface area (Å²) < 4.78 is 0. The first-order chi connectivity index (χ1) is 5.33. The fourth-order valence-corrected chi connectivity index (χ4v) is 2.39. The normalized spacial score (nSPS) is 39.8. The highest BCUT2D eigenvalue weighted by atomic mass is 14.7. The highest BCUT2D eigenvalue weighted by molar-refractivity contribution is 4.97.